The second-order valence-corrected chi connectivity index (χ2v) is 44.5. The summed E-state index contributed by atoms with van der Waals surface area (Å²) in [6, 6.07) is 50.0. The standard InChI is InChI=1S/C41H49N2O12PS.C36H47N2O11PS.2C10H20O2.HI/c1-29(2)25-43(57(47,48)35-20-18-31(49-3)19-21-35)26-38(44)37(42-41(45)53-39-27-51-40-36(39)22-23-50-40)24-30-14-16-32(17-15-30)52-28-56(46,54-33-10-6-4-7-11-33)55-34-12-8-5-9-13-34;1-25(2)21-38(51(42,43)30-16-14-27(44-3)15-17-30)22-33(39)32(37-36(40)48-34-23-46-35-31(34)18-19-45-35)20-26-10-12-28(13-11-26)47-24-50(4,41)49-29-8-6-5-7-9-29;1-7(2)12-9(11)8(3)10(4,5)6;1-5-6-7-12-9(11)8-10(2,3)4;/h4-21,29,36-40,44H,22-28H2,1-3H3,(H,42,45);5-17,25,31-35,39H,18-24H2,1-4H3,(H,37,40);7-8H,1-6H3;5-8H2,1-4H3;1H/t36-,37-,38+,39-,40+;31-,32-,33+,34-,35+,50?;8-;;/m000../s1. The van der Waals surface area contributed by atoms with Crippen molar-refractivity contribution >= 4 is 83.1 Å². The number of methoxy groups -OCH3 is 2. The molecule has 12 atom stereocenters. The maximum Gasteiger partial charge on any atom is 0.468 e. The summed E-state index contributed by atoms with van der Waals surface area (Å²) in [6.07, 6.45) is -2.53. The molecule has 4 N–H and O–H groups in total. The lowest BCUT2D eigenvalue weighted by molar-refractivity contribution is -0.155. The zero-order valence-corrected chi connectivity index (χ0v) is 85.1. The van der Waals surface area contributed by atoms with Crippen LogP contribution < -0.4 is 43.2 Å². The van der Waals surface area contributed by atoms with Crippen molar-refractivity contribution in [1.29, 1.82) is 0 Å². The minimum atomic E-state index is -4.06. The van der Waals surface area contributed by atoms with E-state index in [-0.39, 0.29) is 151 Å². The molecule has 0 spiro atoms. The van der Waals surface area contributed by atoms with E-state index in [4.69, 9.17) is 70.4 Å². The van der Waals surface area contributed by atoms with Gasteiger partial charge in [-0.3, -0.25) is 14.2 Å². The van der Waals surface area contributed by atoms with Crippen LogP contribution in [0.4, 0.5) is 9.59 Å². The van der Waals surface area contributed by atoms with Gasteiger partial charge in [0.15, 0.2) is 18.9 Å². The molecule has 4 aliphatic heterocycles. The van der Waals surface area contributed by atoms with Gasteiger partial charge in [0.2, 0.25) is 26.4 Å². The molecular formula is C97H137IN4O27P2S2. The number of aliphatic hydroxyl groups is 2. The Morgan fingerprint density at radius 1 is 0.504 bits per heavy atom. The number of alkyl carbamates (subject to hydrolysis) is 2. The van der Waals surface area contributed by atoms with Crippen LogP contribution in [0.15, 0.2) is 198 Å². The Bertz CT molecular complexity index is 4960. The van der Waals surface area contributed by atoms with E-state index in [1.54, 1.807) is 146 Å². The molecule has 36 heteroatoms. The molecule has 31 nitrogen and oxygen atoms in total. The summed E-state index contributed by atoms with van der Waals surface area (Å²) in [5.74, 6) is 2.47. The smallest absolute Gasteiger partial charge is 0.468 e. The molecule has 0 saturated carbocycles. The zero-order chi connectivity index (χ0) is 96.6. The topological polar surface area (TPSA) is 380 Å². The van der Waals surface area contributed by atoms with Crippen molar-refractivity contribution in [1.82, 2.24) is 19.2 Å². The largest absolute Gasteiger partial charge is 0.497 e. The molecule has 4 aliphatic rings. The van der Waals surface area contributed by atoms with Gasteiger partial charge in [-0.25, -0.2) is 31.0 Å². The highest BCUT2D eigenvalue weighted by Crippen LogP contribution is 2.49. The second-order valence-electron chi connectivity index (χ2n) is 36.3. The van der Waals surface area contributed by atoms with E-state index in [0.29, 0.717) is 90.5 Å². The molecule has 133 heavy (non-hydrogen) atoms. The highest BCUT2D eigenvalue weighted by molar-refractivity contribution is 14.0. The first-order valence-electron chi connectivity index (χ1n) is 44.7. The van der Waals surface area contributed by atoms with E-state index >= 15 is 0 Å². The van der Waals surface area contributed by atoms with Crippen molar-refractivity contribution in [3.8, 4) is 40.2 Å². The van der Waals surface area contributed by atoms with Gasteiger partial charge < -0.3 is 91.3 Å². The number of aliphatic hydroxyl groups excluding tert-OH is 2. The molecule has 11 rings (SSSR count). The number of para-hydroxylation sites is 3. The highest BCUT2D eigenvalue weighted by Gasteiger charge is 2.46. The van der Waals surface area contributed by atoms with Gasteiger partial charge in [-0.2, -0.15) is 8.61 Å². The van der Waals surface area contributed by atoms with E-state index in [2.05, 4.69) is 17.6 Å². The van der Waals surface area contributed by atoms with Crippen molar-refractivity contribution in [2.45, 2.75) is 207 Å². The van der Waals surface area contributed by atoms with Crippen molar-refractivity contribution in [3.63, 3.8) is 0 Å². The summed E-state index contributed by atoms with van der Waals surface area (Å²) in [6.45, 7) is 30.6. The molecule has 7 aromatic rings. The number of hydrogen-bond acceptors (Lipinski definition) is 27. The van der Waals surface area contributed by atoms with E-state index in [1.165, 1.54) is 53.8 Å². The first-order valence-corrected chi connectivity index (χ1v) is 51.5. The number of amides is 2. The third-order valence-corrected chi connectivity index (χ3v) is 27.7. The zero-order valence-electron chi connectivity index (χ0n) is 79.3. The van der Waals surface area contributed by atoms with Crippen LogP contribution in [0.5, 0.6) is 40.2 Å². The first-order chi connectivity index (χ1) is 62.4. The second kappa shape index (κ2) is 53.2. The Morgan fingerprint density at radius 3 is 1.23 bits per heavy atom. The molecule has 4 saturated heterocycles. The fourth-order valence-electron chi connectivity index (χ4n) is 14.0. The predicted molar refractivity (Wildman–Crippen MR) is 516 cm³/mol. The highest BCUT2D eigenvalue weighted by atomic mass is 127. The van der Waals surface area contributed by atoms with Crippen LogP contribution in [0.2, 0.25) is 0 Å². The van der Waals surface area contributed by atoms with Crippen molar-refractivity contribution in [3.05, 3.63) is 199 Å². The minimum absolute atomic E-state index is 0. The van der Waals surface area contributed by atoms with Crippen LogP contribution in [0.3, 0.4) is 0 Å². The lowest BCUT2D eigenvalue weighted by Gasteiger charge is -2.31. The summed E-state index contributed by atoms with van der Waals surface area (Å²) in [5.41, 5.74) is 1.43. The van der Waals surface area contributed by atoms with Crippen LogP contribution in [0.25, 0.3) is 0 Å². The number of benzene rings is 7. The fourth-order valence-corrected chi connectivity index (χ4v) is 19.6. The van der Waals surface area contributed by atoms with Crippen LogP contribution in [-0.4, -0.2) is 208 Å². The number of rotatable bonds is 42. The number of carbonyl (C=O) groups excluding carboxylic acids is 4. The third kappa shape index (κ3) is 37.4. The number of hydrogen-bond donors (Lipinski definition) is 4. The molecule has 7 aromatic carbocycles. The van der Waals surface area contributed by atoms with Crippen LogP contribution in [0, 0.1) is 40.4 Å². The van der Waals surface area contributed by atoms with E-state index < -0.39 is 103 Å². The summed E-state index contributed by atoms with van der Waals surface area (Å²) in [4.78, 5) is 49.2. The molecule has 4 fully saturated rings. The number of fused-ring (bicyclic) bond motifs is 2. The first kappa shape index (κ1) is 111. The summed E-state index contributed by atoms with van der Waals surface area (Å²) < 4.78 is 168. The number of ether oxygens (including phenoxy) is 12. The van der Waals surface area contributed by atoms with Gasteiger partial charge in [0.25, 0.3) is 7.37 Å². The van der Waals surface area contributed by atoms with Gasteiger partial charge in [0, 0.05) is 32.8 Å². The Kier molecular flexibility index (Phi) is 44.6. The molecule has 0 aliphatic carbocycles. The molecule has 736 valence electrons. The van der Waals surface area contributed by atoms with Crippen molar-refractivity contribution in [2.24, 2.45) is 40.4 Å². The Labute approximate surface area is 802 Å². The molecule has 4 heterocycles. The third-order valence-electron chi connectivity index (χ3n) is 21.4. The Morgan fingerprint density at radius 2 is 0.880 bits per heavy atom. The van der Waals surface area contributed by atoms with E-state index in [9.17, 15) is 55.4 Å². The van der Waals surface area contributed by atoms with Crippen LogP contribution in [-0.2, 0) is 89.5 Å². The minimum Gasteiger partial charge on any atom is -0.497 e. The fraction of sp³-hybridized carbons (Fsp3) is 0.526. The number of nitrogens with one attached hydrogen (secondary N) is 2. The summed E-state index contributed by atoms with van der Waals surface area (Å²) in [7, 11) is -12.1. The van der Waals surface area contributed by atoms with Crippen LogP contribution >= 0.6 is 38.9 Å². The quantitative estimate of drug-likeness (QED) is 0.00907. The molecule has 0 bridgehead atoms. The summed E-state index contributed by atoms with van der Waals surface area (Å²) in [5, 5.41) is 29.0. The van der Waals surface area contributed by atoms with Gasteiger partial charge in [0.05, 0.1) is 112 Å². The number of halogens is 1. The predicted octanol–water partition coefficient (Wildman–Crippen LogP) is 17.6. The monoisotopic (exact) mass is 2040 g/mol. The molecule has 2 amide bonds. The van der Waals surface area contributed by atoms with Gasteiger partial charge in [0.1, 0.15) is 52.5 Å². The number of nitrogens with zero attached hydrogens (tertiary/aromatic N) is 2. The van der Waals surface area contributed by atoms with Gasteiger partial charge in [-0.1, -0.05) is 168 Å². The maximum absolute atomic E-state index is 13.9. The number of carbonyl (C=O) groups is 4. The van der Waals surface area contributed by atoms with Crippen LogP contribution in [0.1, 0.15) is 140 Å². The molecule has 1 unspecified atom stereocenters. The van der Waals surface area contributed by atoms with Gasteiger partial charge >= 0.3 is 31.7 Å². The van der Waals surface area contributed by atoms with Crippen molar-refractivity contribution in [2.75, 3.05) is 92.8 Å². The maximum atomic E-state index is 13.9. The van der Waals surface area contributed by atoms with Gasteiger partial charge in [-0.15, -0.1) is 24.0 Å². The molecule has 0 radical (unpaired) electrons. The van der Waals surface area contributed by atoms with Crippen molar-refractivity contribution < 1.29 is 126 Å². The lowest BCUT2D eigenvalue weighted by atomic mass is 9.82. The van der Waals surface area contributed by atoms with E-state index in [1.807, 2.05) is 108 Å². The average Bonchev–Trinajstić information content (AvgIpc) is 1.16. The Balaban J connectivity index is 0.000000290. The number of unbranched alkanes of at least 4 members (excludes halogenated alkanes) is 1. The molecule has 0 aromatic heterocycles. The number of esters is 2. The SMILES string of the molecule is CC(C)OC(=O)[C@H](C)C(C)(C)C.CCCCOC(=O)CC(C)(C)C.COc1ccc(S(=O)(=O)N(CC(C)C)C[C@@H](O)[C@H](Cc2ccc(OCP(=O)(Oc3ccccc3)Oc3ccccc3)cc2)NC(=O)O[C@H]2CO[C@H]3OCC[C@H]32)cc1.COc1ccc(S(=O)(=O)N(CC(C)C)C[C@@H](O)[C@H](Cc2ccc(OCP(C)(=O)Oc3ccccc3)cc2)NC(=O)O[C@H]2CO[C@H]3OCC[C@H]32)cc1.I. The lowest BCUT2D eigenvalue weighted by Crippen LogP contribution is -2.51. The normalized spacial score (nSPS) is 18.6. The van der Waals surface area contributed by atoms with E-state index in [0.717, 1.165) is 12.8 Å². The number of sulfonamides is 2. The average molecular weight is 2040 g/mol. The summed E-state index contributed by atoms with van der Waals surface area (Å²) >= 11 is 0. The van der Waals surface area contributed by atoms with Gasteiger partial charge in [-0.05, 0) is 189 Å². The molecular weight excluding hydrogens is 1910 g/mol. The Hall–Kier alpha value is -8.61.